The number of hydrogen-bond donors (Lipinski definition) is 1. The minimum Gasteiger partial charge on any atom is -0.377 e. The van der Waals surface area contributed by atoms with Gasteiger partial charge in [-0.05, 0) is 45.2 Å². The normalized spacial score (nSPS) is 23.4. The molecule has 0 radical (unpaired) electrons. The number of nitrogens with one attached hydrogen (secondary N) is 1. The van der Waals surface area contributed by atoms with Crippen LogP contribution >= 0.6 is 11.6 Å². The van der Waals surface area contributed by atoms with E-state index in [1.54, 1.807) is 0 Å². The van der Waals surface area contributed by atoms with E-state index in [4.69, 9.17) is 21.3 Å². The number of piperidine rings is 1. The van der Waals surface area contributed by atoms with Crippen LogP contribution in [-0.4, -0.2) is 69.1 Å². The first-order chi connectivity index (χ1) is 16.0. The molecule has 5 heterocycles. The van der Waals surface area contributed by atoms with Gasteiger partial charge >= 0.3 is 0 Å². The number of benzene rings is 1. The summed E-state index contributed by atoms with van der Waals surface area (Å²) in [6, 6.07) is 4.97. The highest BCUT2D eigenvalue weighted by Crippen LogP contribution is 2.36. The summed E-state index contributed by atoms with van der Waals surface area (Å²) in [6.07, 6.45) is 9.14. The Morgan fingerprint density at radius 2 is 1.94 bits per heavy atom. The lowest BCUT2D eigenvalue weighted by Gasteiger charge is -2.49. The SMILES string of the molecule is CC1CCN1c1cc2nc(Nc3cnn(C4CCN(C5(C)COC5)CC4)c3)ncc2cc1Cl. The minimum atomic E-state index is 0.229. The zero-order valence-corrected chi connectivity index (χ0v) is 19.9. The van der Waals surface area contributed by atoms with Crippen molar-refractivity contribution < 1.29 is 4.74 Å². The van der Waals surface area contributed by atoms with Gasteiger partial charge in [-0.3, -0.25) is 9.58 Å². The third-order valence-corrected chi connectivity index (χ3v) is 7.87. The molecule has 3 aliphatic heterocycles. The Hall–Kier alpha value is -2.42. The van der Waals surface area contributed by atoms with E-state index >= 15 is 0 Å². The molecule has 2 aromatic heterocycles. The molecule has 3 aliphatic rings. The summed E-state index contributed by atoms with van der Waals surface area (Å²) in [4.78, 5) is 14.1. The van der Waals surface area contributed by atoms with Crippen LogP contribution in [0.3, 0.4) is 0 Å². The molecular weight excluding hydrogens is 438 g/mol. The van der Waals surface area contributed by atoms with Crippen LogP contribution in [0.2, 0.25) is 5.02 Å². The van der Waals surface area contributed by atoms with Crippen molar-refractivity contribution in [3.63, 3.8) is 0 Å². The second kappa shape index (κ2) is 8.11. The lowest BCUT2D eigenvalue weighted by atomic mass is 9.93. The molecule has 0 saturated carbocycles. The number of fused-ring (bicyclic) bond motifs is 1. The molecule has 9 heteroatoms. The smallest absolute Gasteiger partial charge is 0.227 e. The van der Waals surface area contributed by atoms with Gasteiger partial charge in [0.2, 0.25) is 5.95 Å². The van der Waals surface area contributed by atoms with Gasteiger partial charge in [-0.2, -0.15) is 5.10 Å². The summed E-state index contributed by atoms with van der Waals surface area (Å²) in [5.74, 6) is 0.569. The van der Waals surface area contributed by atoms with Crippen LogP contribution in [0.25, 0.3) is 10.9 Å². The minimum absolute atomic E-state index is 0.229. The van der Waals surface area contributed by atoms with Crippen LogP contribution in [0.15, 0.2) is 30.7 Å². The quantitative estimate of drug-likeness (QED) is 0.601. The fraction of sp³-hybridized carbons (Fsp3) is 0.542. The standard InChI is InChI=1S/C24H30ClN7O/c1-16-3-8-31(16)22-10-21-17(9-20(22)25)11-26-23(29-21)28-18-12-27-32(13-18)19-4-6-30(7-5-19)24(2)14-33-15-24/h9-13,16,19H,3-8,14-15H2,1-2H3,(H,26,28,29). The van der Waals surface area contributed by atoms with E-state index in [0.29, 0.717) is 18.0 Å². The van der Waals surface area contributed by atoms with Gasteiger partial charge in [0.25, 0.3) is 0 Å². The molecule has 1 N–H and O–H groups in total. The van der Waals surface area contributed by atoms with Crippen LogP contribution in [0.1, 0.15) is 39.2 Å². The molecule has 0 aliphatic carbocycles. The fourth-order valence-electron chi connectivity index (χ4n) is 5.18. The highest BCUT2D eigenvalue weighted by Gasteiger charge is 2.41. The summed E-state index contributed by atoms with van der Waals surface area (Å²) >= 11 is 6.53. The molecular formula is C24H30ClN7O. The second-order valence-electron chi connectivity index (χ2n) is 9.93. The van der Waals surface area contributed by atoms with E-state index < -0.39 is 0 Å². The maximum absolute atomic E-state index is 6.53. The van der Waals surface area contributed by atoms with Gasteiger partial charge in [0.1, 0.15) is 0 Å². The van der Waals surface area contributed by atoms with Gasteiger partial charge in [-0.25, -0.2) is 9.97 Å². The monoisotopic (exact) mass is 467 g/mol. The van der Waals surface area contributed by atoms with E-state index in [9.17, 15) is 0 Å². The van der Waals surface area contributed by atoms with Crippen molar-refractivity contribution in [3.05, 3.63) is 35.7 Å². The van der Waals surface area contributed by atoms with E-state index in [0.717, 1.165) is 73.0 Å². The molecule has 174 valence electrons. The van der Waals surface area contributed by atoms with E-state index in [1.165, 1.54) is 6.42 Å². The third-order valence-electron chi connectivity index (χ3n) is 7.56. The molecule has 0 bridgehead atoms. The number of aromatic nitrogens is 4. The van der Waals surface area contributed by atoms with Crippen molar-refractivity contribution in [2.45, 2.75) is 50.7 Å². The molecule has 0 amide bonds. The van der Waals surface area contributed by atoms with Crippen molar-refractivity contribution >= 4 is 39.8 Å². The number of rotatable bonds is 5. The Labute approximate surface area is 198 Å². The number of likely N-dealkylation sites (tertiary alicyclic amines) is 1. The van der Waals surface area contributed by atoms with Crippen molar-refractivity contribution in [1.82, 2.24) is 24.6 Å². The molecule has 3 fully saturated rings. The van der Waals surface area contributed by atoms with E-state index in [-0.39, 0.29) is 5.54 Å². The topological polar surface area (TPSA) is 71.3 Å². The summed E-state index contributed by atoms with van der Waals surface area (Å²) < 4.78 is 7.53. The van der Waals surface area contributed by atoms with E-state index in [2.05, 4.69) is 56.0 Å². The zero-order chi connectivity index (χ0) is 22.6. The summed E-state index contributed by atoms with van der Waals surface area (Å²) in [7, 11) is 0. The molecule has 1 atom stereocenters. The fourth-order valence-corrected chi connectivity index (χ4v) is 5.46. The third kappa shape index (κ3) is 3.84. The van der Waals surface area contributed by atoms with Crippen LogP contribution < -0.4 is 10.2 Å². The predicted octanol–water partition coefficient (Wildman–Crippen LogP) is 4.25. The number of hydrogen-bond acceptors (Lipinski definition) is 7. The number of anilines is 3. The van der Waals surface area contributed by atoms with Crippen LogP contribution in [0.4, 0.5) is 17.3 Å². The first-order valence-electron chi connectivity index (χ1n) is 11.9. The van der Waals surface area contributed by atoms with E-state index in [1.807, 2.05) is 18.5 Å². The molecule has 3 aromatic rings. The van der Waals surface area contributed by atoms with Crippen molar-refractivity contribution in [2.75, 3.05) is 43.1 Å². The molecule has 0 spiro atoms. The number of nitrogens with zero attached hydrogens (tertiary/aromatic N) is 6. The van der Waals surface area contributed by atoms with Gasteiger partial charge in [0.15, 0.2) is 0 Å². The Kier molecular flexibility index (Phi) is 5.19. The van der Waals surface area contributed by atoms with Gasteiger partial charge in [-0.15, -0.1) is 0 Å². The van der Waals surface area contributed by atoms with Crippen molar-refractivity contribution in [3.8, 4) is 0 Å². The molecule has 8 nitrogen and oxygen atoms in total. The predicted molar refractivity (Wildman–Crippen MR) is 131 cm³/mol. The van der Waals surface area contributed by atoms with Crippen molar-refractivity contribution in [1.29, 1.82) is 0 Å². The lowest BCUT2D eigenvalue weighted by molar-refractivity contribution is -0.137. The lowest BCUT2D eigenvalue weighted by Crippen LogP contribution is -2.61. The Morgan fingerprint density at radius 3 is 2.61 bits per heavy atom. The molecule has 33 heavy (non-hydrogen) atoms. The highest BCUT2D eigenvalue weighted by atomic mass is 35.5. The Bertz CT molecular complexity index is 1170. The Morgan fingerprint density at radius 1 is 1.12 bits per heavy atom. The van der Waals surface area contributed by atoms with Gasteiger partial charge in [0, 0.05) is 43.5 Å². The first kappa shape index (κ1) is 21.1. The molecule has 6 rings (SSSR count). The summed E-state index contributed by atoms with van der Waals surface area (Å²) in [5.41, 5.74) is 3.07. The first-order valence-corrected chi connectivity index (χ1v) is 12.2. The maximum atomic E-state index is 6.53. The summed E-state index contributed by atoms with van der Waals surface area (Å²) in [5, 5.41) is 9.65. The van der Waals surface area contributed by atoms with Crippen LogP contribution in [-0.2, 0) is 4.74 Å². The molecule has 1 unspecified atom stereocenters. The van der Waals surface area contributed by atoms with Crippen LogP contribution in [0, 0.1) is 0 Å². The summed E-state index contributed by atoms with van der Waals surface area (Å²) in [6.45, 7) is 9.43. The molecule has 3 saturated heterocycles. The largest absolute Gasteiger partial charge is 0.377 e. The average molecular weight is 468 g/mol. The Balaban J connectivity index is 1.15. The number of halogens is 1. The maximum Gasteiger partial charge on any atom is 0.227 e. The van der Waals surface area contributed by atoms with Gasteiger partial charge < -0.3 is 15.0 Å². The second-order valence-corrected chi connectivity index (χ2v) is 10.3. The van der Waals surface area contributed by atoms with Gasteiger partial charge in [-0.1, -0.05) is 11.6 Å². The van der Waals surface area contributed by atoms with Crippen molar-refractivity contribution in [2.24, 2.45) is 0 Å². The average Bonchev–Trinajstić information content (AvgIpc) is 3.25. The van der Waals surface area contributed by atoms with Gasteiger partial charge in [0.05, 0.1) is 52.9 Å². The van der Waals surface area contributed by atoms with Crippen LogP contribution in [0.5, 0.6) is 0 Å². The molecule has 1 aromatic carbocycles. The zero-order valence-electron chi connectivity index (χ0n) is 19.2. The number of ether oxygens (including phenoxy) is 1. The highest BCUT2D eigenvalue weighted by molar-refractivity contribution is 6.34.